The Labute approximate surface area is 161 Å². The fourth-order valence-electron chi connectivity index (χ4n) is 4.12. The van der Waals surface area contributed by atoms with Crippen LogP contribution in [-0.2, 0) is 11.2 Å². The van der Waals surface area contributed by atoms with Gasteiger partial charge in [-0.3, -0.25) is 14.8 Å². The number of rotatable bonds is 3. The number of hydrogen-bond acceptors (Lipinski definition) is 5. The Morgan fingerprint density at radius 3 is 2.89 bits per heavy atom. The van der Waals surface area contributed by atoms with Crippen LogP contribution in [0.15, 0.2) is 48.7 Å². The summed E-state index contributed by atoms with van der Waals surface area (Å²) in [6.07, 6.45) is 2.00. The van der Waals surface area contributed by atoms with E-state index >= 15 is 0 Å². The average molecular weight is 377 g/mol. The molecule has 8 nitrogen and oxygen atoms in total. The number of piperazine rings is 1. The number of cyclic esters (lactones) is 1. The Balaban J connectivity index is 1.43. The van der Waals surface area contributed by atoms with Crippen molar-refractivity contribution in [2.75, 3.05) is 26.2 Å². The molecule has 2 saturated heterocycles. The topological polar surface area (TPSA) is 91.4 Å². The monoisotopic (exact) mass is 377 g/mol. The normalized spacial score (nSPS) is 21.6. The van der Waals surface area contributed by atoms with Gasteiger partial charge in [-0.1, -0.05) is 30.3 Å². The first-order valence-electron chi connectivity index (χ1n) is 9.22. The first kappa shape index (κ1) is 16.7. The van der Waals surface area contributed by atoms with E-state index < -0.39 is 5.54 Å². The molecule has 0 spiro atoms. The number of benzene rings is 1. The van der Waals surface area contributed by atoms with Crippen molar-refractivity contribution >= 4 is 23.0 Å². The van der Waals surface area contributed by atoms with Gasteiger partial charge in [-0.2, -0.15) is 5.10 Å². The first-order valence-corrected chi connectivity index (χ1v) is 9.22. The summed E-state index contributed by atoms with van der Waals surface area (Å²) in [5, 5.41) is 7.60. The van der Waals surface area contributed by atoms with Crippen molar-refractivity contribution in [2.24, 2.45) is 0 Å². The molecule has 28 heavy (non-hydrogen) atoms. The molecule has 2 aromatic heterocycles. The smallest absolute Gasteiger partial charge is 0.410 e. The number of ether oxygens (including phenoxy) is 1. The van der Waals surface area contributed by atoms with Crippen LogP contribution in [-0.4, -0.2) is 68.8 Å². The van der Waals surface area contributed by atoms with Crippen LogP contribution in [0.1, 0.15) is 16.1 Å². The third kappa shape index (κ3) is 2.69. The molecule has 3 aromatic rings. The minimum atomic E-state index is -0.551. The molecule has 2 aliphatic rings. The van der Waals surface area contributed by atoms with Gasteiger partial charge in [0.05, 0.1) is 6.20 Å². The molecule has 0 aliphatic carbocycles. The largest absolute Gasteiger partial charge is 0.447 e. The van der Waals surface area contributed by atoms with E-state index in [9.17, 15) is 9.59 Å². The Bertz CT molecular complexity index is 1050. The maximum absolute atomic E-state index is 13.1. The minimum Gasteiger partial charge on any atom is -0.447 e. The number of H-pyrrole nitrogens is 1. The van der Waals surface area contributed by atoms with E-state index in [-0.39, 0.29) is 18.6 Å². The highest BCUT2D eigenvalue weighted by Gasteiger charge is 2.51. The molecule has 1 atom stereocenters. The molecule has 1 N–H and O–H groups in total. The number of fused-ring (bicyclic) bond motifs is 2. The van der Waals surface area contributed by atoms with Crippen molar-refractivity contribution < 1.29 is 14.3 Å². The van der Waals surface area contributed by atoms with Crippen molar-refractivity contribution in [2.45, 2.75) is 12.0 Å². The number of nitrogens with zero attached hydrogens (tertiary/aromatic N) is 4. The molecule has 8 heteroatoms. The van der Waals surface area contributed by atoms with Gasteiger partial charge in [0, 0.05) is 31.4 Å². The number of amides is 2. The number of nitrogens with one attached hydrogen (secondary N) is 1. The van der Waals surface area contributed by atoms with Gasteiger partial charge in [0.2, 0.25) is 0 Å². The van der Waals surface area contributed by atoms with E-state index in [1.807, 2.05) is 36.4 Å². The second kappa shape index (κ2) is 6.33. The number of aromatic amines is 1. The lowest BCUT2D eigenvalue weighted by Crippen LogP contribution is -2.63. The highest BCUT2D eigenvalue weighted by atomic mass is 16.6. The van der Waals surface area contributed by atoms with Gasteiger partial charge in [0.25, 0.3) is 5.91 Å². The van der Waals surface area contributed by atoms with Crippen LogP contribution in [0, 0.1) is 0 Å². The molecule has 0 saturated carbocycles. The fraction of sp³-hybridized carbons (Fsp3) is 0.300. The van der Waals surface area contributed by atoms with Gasteiger partial charge in [-0.25, -0.2) is 9.78 Å². The van der Waals surface area contributed by atoms with Crippen molar-refractivity contribution in [1.29, 1.82) is 0 Å². The lowest BCUT2D eigenvalue weighted by molar-refractivity contribution is 0.0371. The average Bonchev–Trinajstić information content (AvgIpc) is 3.32. The van der Waals surface area contributed by atoms with Crippen molar-refractivity contribution in [3.05, 3.63) is 59.9 Å². The third-order valence-electron chi connectivity index (χ3n) is 5.52. The van der Waals surface area contributed by atoms with E-state index in [1.54, 1.807) is 22.1 Å². The molecule has 2 amide bonds. The van der Waals surface area contributed by atoms with Gasteiger partial charge < -0.3 is 9.64 Å². The van der Waals surface area contributed by atoms with Gasteiger partial charge in [-0.15, -0.1) is 0 Å². The molecule has 4 heterocycles. The second-order valence-electron chi connectivity index (χ2n) is 7.32. The second-order valence-corrected chi connectivity index (χ2v) is 7.32. The molecule has 142 valence electrons. The number of aromatic nitrogens is 3. The molecule has 1 aromatic carbocycles. The number of pyridine rings is 1. The zero-order valence-corrected chi connectivity index (χ0v) is 15.2. The van der Waals surface area contributed by atoms with Crippen molar-refractivity contribution in [3.63, 3.8) is 0 Å². The molecular formula is C20H19N5O3. The number of carbonyl (C=O) groups is 2. The molecule has 5 rings (SSSR count). The van der Waals surface area contributed by atoms with Crippen molar-refractivity contribution in [1.82, 2.24) is 25.0 Å². The Kier molecular flexibility index (Phi) is 3.78. The minimum absolute atomic E-state index is 0.150. The SMILES string of the molecule is O=C(c1ccc2cn[nH]c2n1)N1CCN2C(=O)OCC2(Cc2ccccc2)C1. The highest BCUT2D eigenvalue weighted by molar-refractivity contribution is 5.94. The van der Waals surface area contributed by atoms with E-state index in [2.05, 4.69) is 15.2 Å². The van der Waals surface area contributed by atoms with E-state index in [1.165, 1.54) is 0 Å². The molecule has 2 fully saturated rings. The summed E-state index contributed by atoms with van der Waals surface area (Å²) in [5.41, 5.74) is 1.51. The Morgan fingerprint density at radius 1 is 1.18 bits per heavy atom. The zero-order chi connectivity index (χ0) is 19.1. The van der Waals surface area contributed by atoms with Crippen LogP contribution in [0.25, 0.3) is 11.0 Å². The maximum Gasteiger partial charge on any atom is 0.410 e. The standard InChI is InChI=1S/C20H19N5O3/c26-18(16-7-6-15-11-21-23-17(15)22-16)24-8-9-25-19(27)28-13-20(25,12-24)10-14-4-2-1-3-5-14/h1-7,11H,8-10,12-13H2,(H,21,22,23). The first-order chi connectivity index (χ1) is 13.6. The van der Waals surface area contributed by atoms with Crippen LogP contribution in [0.2, 0.25) is 0 Å². The van der Waals surface area contributed by atoms with Crippen molar-refractivity contribution in [3.8, 4) is 0 Å². The zero-order valence-electron chi connectivity index (χ0n) is 15.2. The van der Waals surface area contributed by atoms with Crippen LogP contribution >= 0.6 is 0 Å². The van der Waals surface area contributed by atoms with Gasteiger partial charge in [0.1, 0.15) is 17.8 Å². The maximum atomic E-state index is 13.1. The highest BCUT2D eigenvalue weighted by Crippen LogP contribution is 2.32. The number of hydrogen-bond donors (Lipinski definition) is 1. The number of carbonyl (C=O) groups excluding carboxylic acids is 2. The van der Waals surface area contributed by atoms with Gasteiger partial charge in [-0.05, 0) is 17.7 Å². The molecule has 0 bridgehead atoms. The van der Waals surface area contributed by atoms with Crippen LogP contribution < -0.4 is 0 Å². The third-order valence-corrected chi connectivity index (χ3v) is 5.52. The summed E-state index contributed by atoms with van der Waals surface area (Å²) in [4.78, 5) is 33.3. The van der Waals surface area contributed by atoms with E-state index in [4.69, 9.17) is 4.74 Å². The lowest BCUT2D eigenvalue weighted by Gasteiger charge is -2.44. The molecule has 2 aliphatic heterocycles. The summed E-state index contributed by atoms with van der Waals surface area (Å²) < 4.78 is 5.38. The van der Waals surface area contributed by atoms with E-state index in [0.717, 1.165) is 10.9 Å². The predicted molar refractivity (Wildman–Crippen MR) is 101 cm³/mol. The summed E-state index contributed by atoms with van der Waals surface area (Å²) in [6, 6.07) is 13.5. The fourth-order valence-corrected chi connectivity index (χ4v) is 4.12. The van der Waals surface area contributed by atoms with E-state index in [0.29, 0.717) is 37.4 Å². The summed E-state index contributed by atoms with van der Waals surface area (Å²) >= 11 is 0. The van der Waals surface area contributed by atoms with Crippen LogP contribution in [0.5, 0.6) is 0 Å². The van der Waals surface area contributed by atoms with Gasteiger partial charge in [0.15, 0.2) is 5.65 Å². The van der Waals surface area contributed by atoms with Crippen LogP contribution in [0.4, 0.5) is 4.79 Å². The molecule has 0 radical (unpaired) electrons. The Morgan fingerprint density at radius 2 is 2.04 bits per heavy atom. The Hall–Kier alpha value is -3.42. The van der Waals surface area contributed by atoms with Gasteiger partial charge >= 0.3 is 6.09 Å². The summed E-state index contributed by atoms with van der Waals surface area (Å²) in [5.74, 6) is -0.150. The quantitative estimate of drug-likeness (QED) is 0.752. The molecule has 1 unspecified atom stereocenters. The summed E-state index contributed by atoms with van der Waals surface area (Å²) in [7, 11) is 0. The predicted octanol–water partition coefficient (Wildman–Crippen LogP) is 1.85. The van der Waals surface area contributed by atoms with Crippen LogP contribution in [0.3, 0.4) is 0 Å². The molecular weight excluding hydrogens is 358 g/mol. The summed E-state index contributed by atoms with van der Waals surface area (Å²) in [6.45, 7) is 1.59. The lowest BCUT2D eigenvalue weighted by atomic mass is 9.88.